The molecule has 0 N–H and O–H groups in total. The van der Waals surface area contributed by atoms with Gasteiger partial charge in [0.1, 0.15) is 0 Å². The Morgan fingerprint density at radius 3 is 2.73 bits per heavy atom. The van der Waals surface area contributed by atoms with Gasteiger partial charge in [-0.1, -0.05) is 49.2 Å². The fourth-order valence-corrected chi connectivity index (χ4v) is 4.52. The molecule has 26 heavy (non-hydrogen) atoms. The molecule has 6 heteroatoms. The summed E-state index contributed by atoms with van der Waals surface area (Å²) in [6.45, 7) is 0. The summed E-state index contributed by atoms with van der Waals surface area (Å²) in [6.07, 6.45) is 7.74. The minimum absolute atomic E-state index is 0.410. The normalized spacial score (nSPS) is 15.0. The van der Waals surface area contributed by atoms with Gasteiger partial charge in [0.05, 0.1) is 17.9 Å². The Labute approximate surface area is 157 Å². The number of nitriles is 1. The number of benzene rings is 1. The highest BCUT2D eigenvalue weighted by Crippen LogP contribution is 2.36. The smallest absolute Gasteiger partial charge is 0.200 e. The highest BCUT2D eigenvalue weighted by atomic mass is 32.2. The predicted molar refractivity (Wildman–Crippen MR) is 101 cm³/mol. The lowest BCUT2D eigenvalue weighted by atomic mass is 9.95. The van der Waals surface area contributed by atoms with E-state index in [1.807, 2.05) is 36.4 Å². The fraction of sp³-hybridized carbons (Fsp3) is 0.350. The lowest BCUT2D eigenvalue weighted by molar-refractivity contribution is 0.337. The van der Waals surface area contributed by atoms with Crippen LogP contribution < -0.4 is 0 Å². The van der Waals surface area contributed by atoms with Crippen LogP contribution in [0.15, 0.2) is 52.2 Å². The molecule has 0 atom stereocenters. The van der Waals surface area contributed by atoms with Gasteiger partial charge in [-0.05, 0) is 36.6 Å². The summed E-state index contributed by atoms with van der Waals surface area (Å²) in [7, 11) is 0. The van der Waals surface area contributed by atoms with Crippen LogP contribution in [0.4, 0.5) is 0 Å². The van der Waals surface area contributed by atoms with Crippen LogP contribution in [0.1, 0.15) is 49.3 Å². The predicted octanol–water partition coefficient (Wildman–Crippen LogP) is 5.21. The van der Waals surface area contributed by atoms with Gasteiger partial charge in [-0.3, -0.25) is 4.57 Å². The van der Waals surface area contributed by atoms with Crippen LogP contribution in [-0.4, -0.2) is 14.8 Å². The van der Waals surface area contributed by atoms with Gasteiger partial charge in [-0.15, -0.1) is 10.2 Å². The lowest BCUT2D eigenvalue weighted by Gasteiger charge is -2.25. The Hall–Kier alpha value is -2.52. The molecule has 1 fully saturated rings. The van der Waals surface area contributed by atoms with E-state index in [4.69, 9.17) is 4.42 Å². The lowest BCUT2D eigenvalue weighted by Crippen LogP contribution is -2.15. The first-order chi connectivity index (χ1) is 12.9. The largest absolute Gasteiger partial charge is 0.461 e. The van der Waals surface area contributed by atoms with E-state index < -0.39 is 0 Å². The molecule has 0 spiro atoms. The van der Waals surface area contributed by atoms with Gasteiger partial charge in [0.2, 0.25) is 5.82 Å². The number of rotatable bonds is 5. The van der Waals surface area contributed by atoms with Crippen molar-refractivity contribution in [2.45, 2.75) is 49.1 Å². The van der Waals surface area contributed by atoms with Crippen LogP contribution in [0.2, 0.25) is 0 Å². The Morgan fingerprint density at radius 1 is 1.12 bits per heavy atom. The van der Waals surface area contributed by atoms with Crippen LogP contribution in [0.3, 0.4) is 0 Å². The molecule has 2 aromatic heterocycles. The third kappa shape index (κ3) is 3.40. The van der Waals surface area contributed by atoms with Crippen molar-refractivity contribution in [3.05, 3.63) is 53.8 Å². The SMILES string of the molecule is N#Cc1ccccc1CSc1nnc(-c2ccco2)n1C1CCCCC1. The summed E-state index contributed by atoms with van der Waals surface area (Å²) >= 11 is 1.64. The van der Waals surface area contributed by atoms with Crippen molar-refractivity contribution >= 4 is 11.8 Å². The zero-order valence-corrected chi connectivity index (χ0v) is 15.3. The van der Waals surface area contributed by atoms with Gasteiger partial charge in [0.15, 0.2) is 10.9 Å². The van der Waals surface area contributed by atoms with Crippen LogP contribution in [-0.2, 0) is 5.75 Å². The van der Waals surface area contributed by atoms with E-state index >= 15 is 0 Å². The number of thioether (sulfide) groups is 1. The molecule has 4 rings (SSSR count). The zero-order valence-electron chi connectivity index (χ0n) is 14.5. The molecule has 0 radical (unpaired) electrons. The van der Waals surface area contributed by atoms with Crippen LogP contribution >= 0.6 is 11.8 Å². The van der Waals surface area contributed by atoms with E-state index in [2.05, 4.69) is 20.8 Å². The molecule has 1 aromatic carbocycles. The summed E-state index contributed by atoms with van der Waals surface area (Å²) in [5.41, 5.74) is 1.74. The fourth-order valence-electron chi connectivity index (χ4n) is 3.52. The Morgan fingerprint density at radius 2 is 1.96 bits per heavy atom. The topological polar surface area (TPSA) is 67.6 Å². The molecule has 5 nitrogen and oxygen atoms in total. The maximum absolute atomic E-state index is 9.30. The highest BCUT2D eigenvalue weighted by Gasteiger charge is 2.25. The van der Waals surface area contributed by atoms with Crippen molar-refractivity contribution in [3.63, 3.8) is 0 Å². The number of aromatic nitrogens is 3. The second-order valence-corrected chi connectivity index (χ2v) is 7.45. The van der Waals surface area contributed by atoms with Gasteiger partial charge >= 0.3 is 0 Å². The quantitative estimate of drug-likeness (QED) is 0.582. The summed E-state index contributed by atoms with van der Waals surface area (Å²) < 4.78 is 7.84. The minimum atomic E-state index is 0.410. The summed E-state index contributed by atoms with van der Waals surface area (Å²) in [5, 5.41) is 19.1. The van der Waals surface area contributed by atoms with Crippen LogP contribution in [0.25, 0.3) is 11.6 Å². The number of hydrogen-bond donors (Lipinski definition) is 0. The maximum Gasteiger partial charge on any atom is 0.200 e. The molecule has 132 valence electrons. The number of hydrogen-bond acceptors (Lipinski definition) is 5. The molecule has 1 aliphatic rings. The molecular weight excluding hydrogens is 344 g/mol. The first kappa shape index (κ1) is 16.9. The van der Waals surface area contributed by atoms with Crippen molar-refractivity contribution in [3.8, 4) is 17.7 Å². The summed E-state index contributed by atoms with van der Waals surface area (Å²) in [6, 6.07) is 14.2. The minimum Gasteiger partial charge on any atom is -0.461 e. The van der Waals surface area contributed by atoms with Crippen molar-refractivity contribution < 1.29 is 4.42 Å². The first-order valence-corrected chi connectivity index (χ1v) is 9.95. The zero-order chi connectivity index (χ0) is 17.8. The van der Waals surface area contributed by atoms with Gasteiger partial charge < -0.3 is 4.42 Å². The van der Waals surface area contributed by atoms with E-state index in [1.54, 1.807) is 18.0 Å². The number of furan rings is 1. The molecule has 1 aliphatic carbocycles. The van der Waals surface area contributed by atoms with Crippen LogP contribution in [0, 0.1) is 11.3 Å². The van der Waals surface area contributed by atoms with Gasteiger partial charge in [-0.2, -0.15) is 5.26 Å². The van der Waals surface area contributed by atoms with E-state index in [9.17, 15) is 5.26 Å². The summed E-state index contributed by atoms with van der Waals surface area (Å²) in [5.74, 6) is 2.26. The summed E-state index contributed by atoms with van der Waals surface area (Å²) in [4.78, 5) is 0. The monoisotopic (exact) mass is 364 g/mol. The maximum atomic E-state index is 9.30. The van der Waals surface area contributed by atoms with E-state index in [-0.39, 0.29) is 0 Å². The van der Waals surface area contributed by atoms with E-state index in [0.717, 1.165) is 40.7 Å². The molecule has 0 amide bonds. The molecule has 0 unspecified atom stereocenters. The van der Waals surface area contributed by atoms with E-state index in [1.165, 1.54) is 19.3 Å². The van der Waals surface area contributed by atoms with E-state index in [0.29, 0.717) is 11.8 Å². The van der Waals surface area contributed by atoms with Crippen LogP contribution in [0.5, 0.6) is 0 Å². The molecule has 3 aromatic rings. The third-order valence-corrected chi connectivity index (χ3v) is 5.83. The second-order valence-electron chi connectivity index (χ2n) is 6.50. The molecular formula is C20H20N4OS. The highest BCUT2D eigenvalue weighted by molar-refractivity contribution is 7.98. The Kier molecular flexibility index (Phi) is 5.07. The molecule has 0 saturated heterocycles. The standard InChI is InChI=1S/C20H20N4OS/c21-13-15-7-4-5-8-16(15)14-26-20-23-22-19(18-11-6-12-25-18)24(20)17-9-2-1-3-10-17/h4-8,11-12,17H,1-3,9-10,14H2. The van der Waals surface area contributed by atoms with Crippen molar-refractivity contribution in [1.29, 1.82) is 5.26 Å². The first-order valence-electron chi connectivity index (χ1n) is 8.96. The van der Waals surface area contributed by atoms with Crippen molar-refractivity contribution in [2.24, 2.45) is 0 Å². The van der Waals surface area contributed by atoms with Crippen molar-refractivity contribution in [1.82, 2.24) is 14.8 Å². The van der Waals surface area contributed by atoms with Gasteiger partial charge in [0.25, 0.3) is 0 Å². The Balaban J connectivity index is 1.64. The average molecular weight is 364 g/mol. The Bertz CT molecular complexity index is 904. The average Bonchev–Trinajstić information content (AvgIpc) is 3.36. The number of nitrogens with zero attached hydrogens (tertiary/aromatic N) is 4. The van der Waals surface area contributed by atoms with Gasteiger partial charge in [0, 0.05) is 11.8 Å². The molecule has 2 heterocycles. The second kappa shape index (κ2) is 7.79. The molecule has 0 aliphatic heterocycles. The third-order valence-electron chi connectivity index (χ3n) is 4.84. The molecule has 1 saturated carbocycles. The van der Waals surface area contributed by atoms with Gasteiger partial charge in [-0.25, -0.2) is 0 Å². The van der Waals surface area contributed by atoms with Crippen molar-refractivity contribution in [2.75, 3.05) is 0 Å². The molecule has 0 bridgehead atoms.